The van der Waals surface area contributed by atoms with Gasteiger partial charge in [0.2, 0.25) is 0 Å². The number of rotatable bonds is 2. The summed E-state index contributed by atoms with van der Waals surface area (Å²) in [6, 6.07) is 14.4. The first-order chi connectivity index (χ1) is 10.5. The fourth-order valence-corrected chi connectivity index (χ4v) is 3.57. The highest BCUT2D eigenvalue weighted by atomic mass is 79.9. The Balaban J connectivity index is 1.90. The van der Waals surface area contributed by atoms with Crippen LogP contribution in [0.3, 0.4) is 0 Å². The zero-order chi connectivity index (χ0) is 15.7. The molecule has 1 aliphatic rings. The van der Waals surface area contributed by atoms with Crippen LogP contribution in [0.2, 0.25) is 0 Å². The number of hydrazone groups is 1. The van der Waals surface area contributed by atoms with E-state index in [1.54, 1.807) is 37.5 Å². The average molecular weight is 378 g/mol. The predicted molar refractivity (Wildman–Crippen MR) is 89.7 cm³/mol. The van der Waals surface area contributed by atoms with E-state index in [9.17, 15) is 8.42 Å². The molecule has 0 amide bonds. The van der Waals surface area contributed by atoms with Crippen molar-refractivity contribution in [1.29, 1.82) is 0 Å². The van der Waals surface area contributed by atoms with Crippen molar-refractivity contribution >= 4 is 38.0 Å². The van der Waals surface area contributed by atoms with Gasteiger partial charge in [-0.15, -0.1) is 4.40 Å². The van der Waals surface area contributed by atoms with Gasteiger partial charge in [0.25, 0.3) is 10.0 Å². The van der Waals surface area contributed by atoms with Crippen molar-refractivity contribution < 1.29 is 8.42 Å². The molecule has 7 heteroatoms. The van der Waals surface area contributed by atoms with Gasteiger partial charge < -0.3 is 0 Å². The summed E-state index contributed by atoms with van der Waals surface area (Å²) in [4.78, 5) is 0.218. The van der Waals surface area contributed by atoms with Crippen LogP contribution >= 0.6 is 15.9 Å². The normalized spacial score (nSPS) is 15.6. The molecule has 0 aromatic heterocycles. The minimum Gasteiger partial charge on any atom is -0.250 e. The van der Waals surface area contributed by atoms with Crippen LogP contribution in [0.1, 0.15) is 11.1 Å². The fraction of sp³-hybridized carbons (Fsp3) is 0.0667. The van der Waals surface area contributed by atoms with Crippen molar-refractivity contribution in [3.05, 3.63) is 64.1 Å². The van der Waals surface area contributed by atoms with Gasteiger partial charge in [-0.05, 0) is 29.8 Å². The molecule has 2 aromatic carbocycles. The van der Waals surface area contributed by atoms with Crippen molar-refractivity contribution in [2.75, 3.05) is 7.05 Å². The molecule has 112 valence electrons. The number of benzene rings is 2. The Kier molecular flexibility index (Phi) is 3.84. The van der Waals surface area contributed by atoms with E-state index in [1.807, 2.05) is 24.3 Å². The van der Waals surface area contributed by atoms with Gasteiger partial charge in [0.05, 0.1) is 6.21 Å². The van der Waals surface area contributed by atoms with Crippen LogP contribution in [-0.4, -0.2) is 32.5 Å². The monoisotopic (exact) mass is 377 g/mol. The quantitative estimate of drug-likeness (QED) is 0.597. The minimum absolute atomic E-state index is 0.218. The maximum atomic E-state index is 12.0. The number of sulfonamides is 1. The number of amidine groups is 1. The molecule has 0 bridgehead atoms. The van der Waals surface area contributed by atoms with E-state index in [1.165, 1.54) is 5.01 Å². The van der Waals surface area contributed by atoms with Crippen LogP contribution < -0.4 is 0 Å². The first-order valence-electron chi connectivity index (χ1n) is 6.45. The van der Waals surface area contributed by atoms with E-state index in [0.717, 1.165) is 10.0 Å². The summed E-state index contributed by atoms with van der Waals surface area (Å²) >= 11 is 3.37. The molecule has 5 nitrogen and oxygen atoms in total. The van der Waals surface area contributed by atoms with E-state index < -0.39 is 10.0 Å². The maximum absolute atomic E-state index is 12.0. The van der Waals surface area contributed by atoms with Crippen LogP contribution in [0.25, 0.3) is 0 Å². The second-order valence-corrected chi connectivity index (χ2v) is 7.19. The number of nitrogens with zero attached hydrogens (tertiary/aromatic N) is 3. The first-order valence-corrected chi connectivity index (χ1v) is 8.68. The lowest BCUT2D eigenvalue weighted by Crippen LogP contribution is -2.21. The van der Waals surface area contributed by atoms with Crippen LogP contribution in [0, 0.1) is 0 Å². The van der Waals surface area contributed by atoms with E-state index in [4.69, 9.17) is 0 Å². The summed E-state index contributed by atoms with van der Waals surface area (Å²) in [6.07, 6.45) is 1.66. The minimum atomic E-state index is -3.62. The molecular formula is C15H12BrN3O2S. The highest BCUT2D eigenvalue weighted by Crippen LogP contribution is 2.26. The standard InChI is InChI=1S/C15H12BrN3O2S/c1-19(17-10-11-6-8-12(16)9-7-11)15-13-4-2-3-5-14(13)22(20,21)18-15/h2-10H,1H3. The Morgan fingerprint density at radius 1 is 1.14 bits per heavy atom. The third-order valence-electron chi connectivity index (χ3n) is 3.17. The van der Waals surface area contributed by atoms with Gasteiger partial charge in [0.15, 0.2) is 5.84 Å². The van der Waals surface area contributed by atoms with Gasteiger partial charge in [-0.2, -0.15) is 13.5 Å². The van der Waals surface area contributed by atoms with Gasteiger partial charge in [0.1, 0.15) is 4.90 Å². The van der Waals surface area contributed by atoms with Crippen molar-refractivity contribution in [1.82, 2.24) is 5.01 Å². The summed E-state index contributed by atoms with van der Waals surface area (Å²) in [5.41, 5.74) is 1.47. The van der Waals surface area contributed by atoms with Gasteiger partial charge >= 0.3 is 0 Å². The SMILES string of the molecule is CN(N=Cc1ccc(Br)cc1)C1=NS(=O)(=O)c2ccccc21. The molecule has 0 atom stereocenters. The molecule has 0 radical (unpaired) electrons. The zero-order valence-corrected chi connectivity index (χ0v) is 14.0. The second kappa shape index (κ2) is 5.66. The third-order valence-corrected chi connectivity index (χ3v) is 5.02. The molecule has 1 heterocycles. The Morgan fingerprint density at radius 2 is 1.82 bits per heavy atom. The highest BCUT2D eigenvalue weighted by molar-refractivity contribution is 9.10. The Morgan fingerprint density at radius 3 is 2.55 bits per heavy atom. The smallest absolute Gasteiger partial charge is 0.250 e. The molecule has 0 saturated carbocycles. The highest BCUT2D eigenvalue weighted by Gasteiger charge is 2.30. The fourth-order valence-electron chi connectivity index (χ4n) is 2.08. The van der Waals surface area contributed by atoms with E-state index in [0.29, 0.717) is 11.4 Å². The summed E-state index contributed by atoms with van der Waals surface area (Å²) in [5.74, 6) is 0.323. The lowest BCUT2D eigenvalue weighted by Gasteiger charge is -2.12. The van der Waals surface area contributed by atoms with Crippen molar-refractivity contribution in [2.24, 2.45) is 9.50 Å². The Bertz CT molecular complexity index is 874. The number of hydrogen-bond acceptors (Lipinski definition) is 4. The molecule has 0 N–H and O–H groups in total. The summed E-state index contributed by atoms with van der Waals surface area (Å²) in [7, 11) is -1.95. The van der Waals surface area contributed by atoms with Gasteiger partial charge in [-0.1, -0.05) is 40.2 Å². The summed E-state index contributed by atoms with van der Waals surface area (Å²) in [5, 5.41) is 5.73. The van der Waals surface area contributed by atoms with Gasteiger partial charge in [0, 0.05) is 17.1 Å². The number of fused-ring (bicyclic) bond motifs is 1. The average Bonchev–Trinajstić information content (AvgIpc) is 2.79. The summed E-state index contributed by atoms with van der Waals surface area (Å²) in [6.45, 7) is 0. The number of halogens is 1. The van der Waals surface area contributed by atoms with Crippen LogP contribution in [0.15, 0.2) is 67.4 Å². The van der Waals surface area contributed by atoms with E-state index >= 15 is 0 Å². The molecule has 2 aromatic rings. The second-order valence-electron chi connectivity index (χ2n) is 4.71. The van der Waals surface area contributed by atoms with E-state index in [-0.39, 0.29) is 4.90 Å². The van der Waals surface area contributed by atoms with Crippen molar-refractivity contribution in [2.45, 2.75) is 4.90 Å². The zero-order valence-electron chi connectivity index (χ0n) is 11.6. The summed E-state index contributed by atoms with van der Waals surface area (Å²) < 4.78 is 28.8. The van der Waals surface area contributed by atoms with Gasteiger partial charge in [-0.3, -0.25) is 0 Å². The third kappa shape index (κ3) is 2.82. The lowest BCUT2D eigenvalue weighted by molar-refractivity contribution is 0.549. The molecule has 0 unspecified atom stereocenters. The number of hydrogen-bond donors (Lipinski definition) is 0. The Labute approximate surface area is 137 Å². The van der Waals surface area contributed by atoms with Gasteiger partial charge in [-0.25, -0.2) is 5.01 Å². The molecule has 0 spiro atoms. The van der Waals surface area contributed by atoms with Crippen LogP contribution in [0.5, 0.6) is 0 Å². The molecule has 0 fully saturated rings. The maximum Gasteiger partial charge on any atom is 0.285 e. The molecule has 0 saturated heterocycles. The first kappa shape index (κ1) is 14.9. The molecule has 3 rings (SSSR count). The molecule has 22 heavy (non-hydrogen) atoms. The molecule has 1 aliphatic heterocycles. The van der Waals surface area contributed by atoms with Crippen molar-refractivity contribution in [3.63, 3.8) is 0 Å². The van der Waals surface area contributed by atoms with E-state index in [2.05, 4.69) is 25.4 Å². The largest absolute Gasteiger partial charge is 0.285 e. The lowest BCUT2D eigenvalue weighted by atomic mass is 10.2. The van der Waals surface area contributed by atoms with Crippen molar-refractivity contribution in [3.8, 4) is 0 Å². The topological polar surface area (TPSA) is 62.1 Å². The molecular weight excluding hydrogens is 366 g/mol. The van der Waals surface area contributed by atoms with Crippen LogP contribution in [-0.2, 0) is 10.0 Å². The molecule has 0 aliphatic carbocycles. The predicted octanol–water partition coefficient (Wildman–Crippen LogP) is 2.86. The Hall–Kier alpha value is -1.99. The van der Waals surface area contributed by atoms with Crippen LogP contribution in [0.4, 0.5) is 0 Å².